The molecule has 0 saturated carbocycles. The first-order valence-electron chi connectivity index (χ1n) is 9.40. The van der Waals surface area contributed by atoms with Crippen LogP contribution in [0, 0.1) is 0 Å². The molecule has 10 heteroatoms. The normalized spacial score (nSPS) is 32.1. The van der Waals surface area contributed by atoms with Gasteiger partial charge in [-0.1, -0.05) is 30.3 Å². The zero-order chi connectivity index (χ0) is 21.0. The molecule has 1 amide bonds. The Labute approximate surface area is 167 Å². The Bertz CT molecular complexity index is 700. The Morgan fingerprint density at radius 3 is 2.48 bits per heavy atom. The number of rotatable bonds is 5. The van der Waals surface area contributed by atoms with E-state index in [1.54, 1.807) is 0 Å². The Kier molecular flexibility index (Phi) is 7.04. The van der Waals surface area contributed by atoms with E-state index in [4.69, 9.17) is 14.2 Å². The van der Waals surface area contributed by atoms with Gasteiger partial charge in [-0.05, 0) is 18.4 Å². The number of aliphatic hydroxyl groups excluding tert-OH is 4. The molecule has 0 aliphatic carbocycles. The van der Waals surface area contributed by atoms with E-state index in [-0.39, 0.29) is 6.61 Å². The first-order chi connectivity index (χ1) is 13.9. The minimum Gasteiger partial charge on any atom is -0.461 e. The molecule has 2 fully saturated rings. The summed E-state index contributed by atoms with van der Waals surface area (Å²) >= 11 is 0. The van der Waals surface area contributed by atoms with Crippen LogP contribution in [0.15, 0.2) is 30.3 Å². The summed E-state index contributed by atoms with van der Waals surface area (Å²) in [4.78, 5) is 26.1. The van der Waals surface area contributed by atoms with Crippen LogP contribution in [0.1, 0.15) is 18.4 Å². The van der Waals surface area contributed by atoms with Crippen LogP contribution < -0.4 is 0 Å². The summed E-state index contributed by atoms with van der Waals surface area (Å²) in [6.07, 6.45) is -7.41. The Morgan fingerprint density at radius 1 is 1.03 bits per heavy atom. The largest absolute Gasteiger partial charge is 0.461 e. The maximum Gasteiger partial charge on any atom is 0.410 e. The molecular formula is C19H25NO9. The van der Waals surface area contributed by atoms with Crippen LogP contribution >= 0.6 is 0 Å². The standard InChI is InChI=1S/C19H25NO9/c21-14-13(29-18(25)16(23)15(14)22)10-27-17(24)12-7-4-8-20(12)19(26)28-9-11-5-2-1-3-6-11/h1-3,5-6,12-16,18,21-23,25H,4,7-10H2/t12-,13-,14+,15-,16-,18-/m0/s1. The predicted octanol–water partition coefficient (Wildman–Crippen LogP) is -0.869. The van der Waals surface area contributed by atoms with Crippen LogP contribution in [-0.4, -0.2) is 87.3 Å². The first kappa shape index (κ1) is 21.5. The van der Waals surface area contributed by atoms with Gasteiger partial charge in [0.05, 0.1) is 0 Å². The van der Waals surface area contributed by atoms with Crippen LogP contribution in [-0.2, 0) is 25.6 Å². The lowest BCUT2D eigenvalue weighted by Crippen LogP contribution is -2.58. The minimum absolute atomic E-state index is 0.0815. The van der Waals surface area contributed by atoms with Crippen LogP contribution in [0.3, 0.4) is 0 Å². The number of aliphatic hydroxyl groups is 4. The fourth-order valence-electron chi connectivity index (χ4n) is 3.36. The summed E-state index contributed by atoms with van der Waals surface area (Å²) in [5, 5.41) is 38.6. The molecule has 0 radical (unpaired) electrons. The number of carbonyl (C=O) groups excluding carboxylic acids is 2. The summed E-state index contributed by atoms with van der Waals surface area (Å²) in [7, 11) is 0. The molecule has 2 aliphatic heterocycles. The highest BCUT2D eigenvalue weighted by molar-refractivity contribution is 5.82. The average molecular weight is 411 g/mol. The molecule has 3 rings (SSSR count). The van der Waals surface area contributed by atoms with Gasteiger partial charge >= 0.3 is 12.1 Å². The van der Waals surface area contributed by atoms with Gasteiger partial charge in [0.2, 0.25) is 0 Å². The van der Waals surface area contributed by atoms with E-state index in [1.807, 2.05) is 30.3 Å². The van der Waals surface area contributed by atoms with Crippen molar-refractivity contribution in [2.24, 2.45) is 0 Å². The molecule has 160 valence electrons. The quantitative estimate of drug-likeness (QED) is 0.454. The number of hydrogen-bond donors (Lipinski definition) is 4. The second kappa shape index (κ2) is 9.51. The average Bonchev–Trinajstić information content (AvgIpc) is 3.23. The molecule has 29 heavy (non-hydrogen) atoms. The Morgan fingerprint density at radius 2 is 1.76 bits per heavy atom. The van der Waals surface area contributed by atoms with Gasteiger partial charge in [0.25, 0.3) is 0 Å². The molecule has 1 aromatic rings. The van der Waals surface area contributed by atoms with Crippen LogP contribution in [0.4, 0.5) is 4.79 Å². The zero-order valence-corrected chi connectivity index (χ0v) is 15.7. The number of hydrogen-bond acceptors (Lipinski definition) is 9. The molecule has 1 aromatic carbocycles. The SMILES string of the molecule is O=C(OC[C@@H]1O[C@H](O)[C@@H](O)[C@@H](O)[C@@H]1O)[C@@H]1CCCN1C(=O)OCc1ccccc1. The van der Waals surface area contributed by atoms with E-state index in [1.165, 1.54) is 4.90 Å². The second-order valence-electron chi connectivity index (χ2n) is 7.06. The van der Waals surface area contributed by atoms with E-state index in [9.17, 15) is 30.0 Å². The van der Waals surface area contributed by atoms with Crippen molar-refractivity contribution in [1.29, 1.82) is 0 Å². The van der Waals surface area contributed by atoms with E-state index in [0.717, 1.165) is 5.56 Å². The highest BCUT2D eigenvalue weighted by Gasteiger charge is 2.44. The van der Waals surface area contributed by atoms with Gasteiger partial charge in [-0.25, -0.2) is 9.59 Å². The number of benzene rings is 1. The fraction of sp³-hybridized carbons (Fsp3) is 0.579. The van der Waals surface area contributed by atoms with Crippen molar-refractivity contribution in [3.8, 4) is 0 Å². The number of ether oxygens (including phenoxy) is 3. The molecule has 6 atom stereocenters. The van der Waals surface area contributed by atoms with E-state index < -0.39 is 55.4 Å². The maximum absolute atomic E-state index is 12.4. The van der Waals surface area contributed by atoms with Crippen LogP contribution in [0.5, 0.6) is 0 Å². The molecule has 0 unspecified atom stereocenters. The highest BCUT2D eigenvalue weighted by atomic mass is 16.7. The number of nitrogens with zero attached hydrogens (tertiary/aromatic N) is 1. The van der Waals surface area contributed by atoms with Gasteiger partial charge in [-0.15, -0.1) is 0 Å². The minimum atomic E-state index is -1.71. The van der Waals surface area contributed by atoms with Crippen molar-refractivity contribution in [2.75, 3.05) is 13.2 Å². The Hall–Kier alpha value is -2.24. The monoisotopic (exact) mass is 411 g/mol. The molecule has 2 aliphatic rings. The number of amides is 1. The van der Waals surface area contributed by atoms with Crippen LogP contribution in [0.25, 0.3) is 0 Å². The lowest BCUT2D eigenvalue weighted by atomic mass is 9.99. The molecule has 0 spiro atoms. The van der Waals surface area contributed by atoms with Gasteiger partial charge in [0, 0.05) is 6.54 Å². The van der Waals surface area contributed by atoms with Crippen molar-refractivity contribution in [1.82, 2.24) is 4.90 Å². The van der Waals surface area contributed by atoms with Crippen molar-refractivity contribution in [3.63, 3.8) is 0 Å². The molecule has 2 heterocycles. The summed E-state index contributed by atoms with van der Waals surface area (Å²) < 4.78 is 15.4. The van der Waals surface area contributed by atoms with Gasteiger partial charge in [-0.3, -0.25) is 4.90 Å². The van der Waals surface area contributed by atoms with Crippen LogP contribution in [0.2, 0.25) is 0 Å². The topological polar surface area (TPSA) is 146 Å². The van der Waals surface area contributed by atoms with Gasteiger partial charge in [0.1, 0.15) is 43.7 Å². The number of esters is 1. The number of likely N-dealkylation sites (tertiary alicyclic amines) is 1. The van der Waals surface area contributed by atoms with Crippen molar-refractivity contribution < 1.29 is 44.2 Å². The third kappa shape index (κ3) is 5.03. The third-order valence-electron chi connectivity index (χ3n) is 5.04. The molecule has 4 N–H and O–H groups in total. The van der Waals surface area contributed by atoms with E-state index >= 15 is 0 Å². The predicted molar refractivity (Wildman–Crippen MR) is 96.2 cm³/mol. The van der Waals surface area contributed by atoms with E-state index in [0.29, 0.717) is 19.4 Å². The lowest BCUT2D eigenvalue weighted by molar-refractivity contribution is -0.287. The fourth-order valence-corrected chi connectivity index (χ4v) is 3.36. The summed E-state index contributed by atoms with van der Waals surface area (Å²) in [6, 6.07) is 8.31. The Balaban J connectivity index is 1.51. The van der Waals surface area contributed by atoms with Crippen molar-refractivity contribution in [3.05, 3.63) is 35.9 Å². The number of carbonyl (C=O) groups is 2. The van der Waals surface area contributed by atoms with Gasteiger partial charge < -0.3 is 34.6 Å². The summed E-state index contributed by atoms with van der Waals surface area (Å²) in [5.74, 6) is -0.704. The summed E-state index contributed by atoms with van der Waals surface area (Å²) in [6.45, 7) is -0.0258. The van der Waals surface area contributed by atoms with E-state index in [2.05, 4.69) is 0 Å². The molecule has 0 bridgehead atoms. The maximum atomic E-state index is 12.4. The molecule has 2 saturated heterocycles. The van der Waals surface area contributed by atoms with Gasteiger partial charge in [-0.2, -0.15) is 0 Å². The summed E-state index contributed by atoms with van der Waals surface area (Å²) in [5.41, 5.74) is 0.821. The third-order valence-corrected chi connectivity index (χ3v) is 5.04. The van der Waals surface area contributed by atoms with Crippen molar-refractivity contribution in [2.45, 2.75) is 56.2 Å². The molecular weight excluding hydrogens is 386 g/mol. The van der Waals surface area contributed by atoms with Crippen molar-refractivity contribution >= 4 is 12.1 Å². The first-order valence-corrected chi connectivity index (χ1v) is 9.40. The zero-order valence-electron chi connectivity index (χ0n) is 15.7. The lowest BCUT2D eigenvalue weighted by Gasteiger charge is -2.38. The highest BCUT2D eigenvalue weighted by Crippen LogP contribution is 2.23. The molecule has 10 nitrogen and oxygen atoms in total. The second-order valence-corrected chi connectivity index (χ2v) is 7.06. The smallest absolute Gasteiger partial charge is 0.410 e. The molecule has 0 aromatic heterocycles. The van der Waals surface area contributed by atoms with Gasteiger partial charge in [0.15, 0.2) is 6.29 Å².